The number of carbonyl (C=O) groups excluding carboxylic acids is 2. The molecule has 0 saturated carbocycles. The van der Waals surface area contributed by atoms with Gasteiger partial charge in [-0.05, 0) is 25.0 Å². The summed E-state index contributed by atoms with van der Waals surface area (Å²) in [5, 5.41) is 5.55. The van der Waals surface area contributed by atoms with Crippen LogP contribution < -0.4 is 21.1 Å². The largest absolute Gasteiger partial charge is 0.494 e. The number of carbonyl (C=O) groups is 2. The molecule has 1 aromatic rings. The SMILES string of the molecule is CCC(CC)(CN)C(=O)Nc1ccc(NC(C)=O)c(OC)c1. The molecule has 0 fully saturated rings. The minimum atomic E-state index is -0.566. The number of methoxy groups -OCH3 is 1. The Labute approximate surface area is 131 Å². The summed E-state index contributed by atoms with van der Waals surface area (Å²) in [6.45, 7) is 5.63. The molecule has 6 heteroatoms. The maximum absolute atomic E-state index is 12.5. The summed E-state index contributed by atoms with van der Waals surface area (Å²) < 4.78 is 5.24. The van der Waals surface area contributed by atoms with Gasteiger partial charge < -0.3 is 21.1 Å². The number of hydrogen-bond acceptors (Lipinski definition) is 4. The Morgan fingerprint density at radius 3 is 2.32 bits per heavy atom. The van der Waals surface area contributed by atoms with Crippen molar-refractivity contribution in [2.24, 2.45) is 11.1 Å². The summed E-state index contributed by atoms with van der Waals surface area (Å²) in [5.41, 5.74) is 6.39. The average molecular weight is 307 g/mol. The van der Waals surface area contributed by atoms with Crippen LogP contribution in [0.25, 0.3) is 0 Å². The second-order valence-electron chi connectivity index (χ2n) is 5.24. The fourth-order valence-electron chi connectivity index (χ4n) is 2.28. The molecule has 0 saturated heterocycles. The van der Waals surface area contributed by atoms with Crippen molar-refractivity contribution in [3.63, 3.8) is 0 Å². The van der Waals surface area contributed by atoms with Gasteiger partial charge in [-0.1, -0.05) is 13.8 Å². The number of benzene rings is 1. The molecule has 0 aliphatic heterocycles. The smallest absolute Gasteiger partial charge is 0.231 e. The molecule has 0 heterocycles. The number of hydrogen-bond donors (Lipinski definition) is 3. The number of rotatable bonds is 7. The minimum Gasteiger partial charge on any atom is -0.494 e. The molecule has 2 amide bonds. The predicted octanol–water partition coefficient (Wildman–Crippen LogP) is 2.36. The topological polar surface area (TPSA) is 93.5 Å². The molecule has 0 aliphatic carbocycles. The van der Waals surface area contributed by atoms with Gasteiger partial charge in [-0.25, -0.2) is 0 Å². The van der Waals surface area contributed by atoms with E-state index < -0.39 is 5.41 Å². The number of nitrogens with two attached hydrogens (primary N) is 1. The van der Waals surface area contributed by atoms with Crippen LogP contribution in [0, 0.1) is 5.41 Å². The molecule has 6 nitrogen and oxygen atoms in total. The van der Waals surface area contributed by atoms with Gasteiger partial charge in [0.25, 0.3) is 0 Å². The van der Waals surface area contributed by atoms with E-state index in [-0.39, 0.29) is 11.8 Å². The third kappa shape index (κ3) is 3.98. The fourth-order valence-corrected chi connectivity index (χ4v) is 2.28. The molecule has 0 radical (unpaired) electrons. The van der Waals surface area contributed by atoms with Crippen LogP contribution in [0.5, 0.6) is 5.75 Å². The standard InChI is InChI=1S/C16H25N3O3/c1-5-16(6-2,10-17)15(21)19-12-7-8-13(18-11(3)20)14(9-12)22-4/h7-9H,5-6,10,17H2,1-4H3,(H,18,20)(H,19,21). The summed E-state index contributed by atoms with van der Waals surface area (Å²) in [5.74, 6) is 0.197. The molecule has 122 valence electrons. The fraction of sp³-hybridized carbons (Fsp3) is 0.500. The van der Waals surface area contributed by atoms with Crippen molar-refractivity contribution in [1.82, 2.24) is 0 Å². The summed E-state index contributed by atoms with van der Waals surface area (Å²) in [6, 6.07) is 5.09. The van der Waals surface area contributed by atoms with Crippen LogP contribution in [0.4, 0.5) is 11.4 Å². The molecule has 4 N–H and O–H groups in total. The van der Waals surface area contributed by atoms with Crippen LogP contribution in [-0.4, -0.2) is 25.5 Å². The minimum absolute atomic E-state index is 0.102. The van der Waals surface area contributed by atoms with Crippen molar-refractivity contribution in [3.8, 4) is 5.75 Å². The highest BCUT2D eigenvalue weighted by Gasteiger charge is 2.33. The second-order valence-corrected chi connectivity index (χ2v) is 5.24. The molecule has 0 unspecified atom stereocenters. The first-order chi connectivity index (χ1) is 10.4. The number of nitrogens with one attached hydrogen (secondary N) is 2. The quantitative estimate of drug-likeness (QED) is 0.721. The molecule has 1 aromatic carbocycles. The van der Waals surface area contributed by atoms with E-state index in [4.69, 9.17) is 10.5 Å². The lowest BCUT2D eigenvalue weighted by atomic mass is 9.81. The van der Waals surface area contributed by atoms with Crippen LogP contribution in [0.3, 0.4) is 0 Å². The van der Waals surface area contributed by atoms with E-state index in [0.29, 0.717) is 36.5 Å². The molecular weight excluding hydrogens is 282 g/mol. The molecule has 0 bridgehead atoms. The average Bonchev–Trinajstić information content (AvgIpc) is 2.50. The van der Waals surface area contributed by atoms with Gasteiger partial charge in [0.1, 0.15) is 5.75 Å². The maximum atomic E-state index is 12.5. The van der Waals surface area contributed by atoms with Crippen molar-refractivity contribution in [2.75, 3.05) is 24.3 Å². The van der Waals surface area contributed by atoms with Crippen LogP contribution in [-0.2, 0) is 9.59 Å². The molecule has 0 aliphatic rings. The van der Waals surface area contributed by atoms with E-state index in [9.17, 15) is 9.59 Å². The van der Waals surface area contributed by atoms with Gasteiger partial charge in [-0.2, -0.15) is 0 Å². The van der Waals surface area contributed by atoms with E-state index in [0.717, 1.165) is 0 Å². The molecular formula is C16H25N3O3. The molecule has 22 heavy (non-hydrogen) atoms. The summed E-state index contributed by atoms with van der Waals surface area (Å²) in [6.07, 6.45) is 1.35. The van der Waals surface area contributed by atoms with Crippen molar-refractivity contribution in [3.05, 3.63) is 18.2 Å². The first kappa shape index (κ1) is 18.0. The zero-order valence-electron chi connectivity index (χ0n) is 13.7. The summed E-state index contributed by atoms with van der Waals surface area (Å²) in [4.78, 5) is 23.6. The zero-order valence-corrected chi connectivity index (χ0v) is 13.7. The Bertz CT molecular complexity index is 531. The third-order valence-electron chi connectivity index (χ3n) is 4.00. The van der Waals surface area contributed by atoms with E-state index in [2.05, 4.69) is 10.6 Å². The van der Waals surface area contributed by atoms with Gasteiger partial charge in [0.15, 0.2) is 0 Å². The van der Waals surface area contributed by atoms with E-state index in [1.165, 1.54) is 14.0 Å². The number of anilines is 2. The summed E-state index contributed by atoms with van der Waals surface area (Å²) in [7, 11) is 1.51. The van der Waals surface area contributed by atoms with Gasteiger partial charge in [0.2, 0.25) is 11.8 Å². The predicted molar refractivity (Wildman–Crippen MR) is 88.0 cm³/mol. The Morgan fingerprint density at radius 1 is 1.23 bits per heavy atom. The van der Waals surface area contributed by atoms with Crippen LogP contribution >= 0.6 is 0 Å². The van der Waals surface area contributed by atoms with Gasteiger partial charge >= 0.3 is 0 Å². The molecule has 1 rings (SSSR count). The molecule has 0 atom stereocenters. The van der Waals surface area contributed by atoms with Crippen LogP contribution in [0.15, 0.2) is 18.2 Å². The van der Waals surface area contributed by atoms with Gasteiger partial charge in [-0.15, -0.1) is 0 Å². The zero-order chi connectivity index (χ0) is 16.8. The van der Waals surface area contributed by atoms with E-state index >= 15 is 0 Å². The van der Waals surface area contributed by atoms with Crippen molar-refractivity contribution < 1.29 is 14.3 Å². The maximum Gasteiger partial charge on any atom is 0.231 e. The highest BCUT2D eigenvalue weighted by Crippen LogP contribution is 2.31. The first-order valence-electron chi connectivity index (χ1n) is 7.39. The lowest BCUT2D eigenvalue weighted by molar-refractivity contribution is -0.125. The number of ether oxygens (including phenoxy) is 1. The van der Waals surface area contributed by atoms with E-state index in [1.807, 2.05) is 13.8 Å². The first-order valence-corrected chi connectivity index (χ1v) is 7.39. The highest BCUT2D eigenvalue weighted by molar-refractivity contribution is 5.96. The Balaban J connectivity index is 2.99. The van der Waals surface area contributed by atoms with Crippen molar-refractivity contribution in [1.29, 1.82) is 0 Å². The number of amides is 2. The Morgan fingerprint density at radius 2 is 1.86 bits per heavy atom. The molecule has 0 aromatic heterocycles. The monoisotopic (exact) mass is 307 g/mol. The second kappa shape index (κ2) is 7.79. The van der Waals surface area contributed by atoms with Gasteiger partial charge in [-0.3, -0.25) is 9.59 Å². The summed E-state index contributed by atoms with van der Waals surface area (Å²) >= 11 is 0. The Hall–Kier alpha value is -2.08. The van der Waals surface area contributed by atoms with Crippen molar-refractivity contribution >= 4 is 23.2 Å². The highest BCUT2D eigenvalue weighted by atomic mass is 16.5. The lowest BCUT2D eigenvalue weighted by Gasteiger charge is -2.28. The van der Waals surface area contributed by atoms with Gasteiger partial charge in [0, 0.05) is 25.2 Å². The van der Waals surface area contributed by atoms with E-state index in [1.54, 1.807) is 18.2 Å². The lowest BCUT2D eigenvalue weighted by Crippen LogP contribution is -2.41. The normalized spacial score (nSPS) is 11.0. The van der Waals surface area contributed by atoms with Crippen LogP contribution in [0.1, 0.15) is 33.6 Å². The van der Waals surface area contributed by atoms with Crippen molar-refractivity contribution in [2.45, 2.75) is 33.6 Å². The molecule has 0 spiro atoms. The van der Waals surface area contributed by atoms with Crippen LogP contribution in [0.2, 0.25) is 0 Å². The Kier molecular flexibility index (Phi) is 6.37. The van der Waals surface area contributed by atoms with Gasteiger partial charge in [0.05, 0.1) is 18.2 Å². The third-order valence-corrected chi connectivity index (χ3v) is 4.00.